The first-order valence-electron chi connectivity index (χ1n) is 25.7. The molecule has 6 heteroatoms. The van der Waals surface area contributed by atoms with Crippen molar-refractivity contribution in [2.45, 2.75) is 232 Å². The number of allylic oxidation sites excluding steroid dienone is 16. The quantitative estimate of drug-likeness (QED) is 0.0262. The molecule has 0 aliphatic rings. The van der Waals surface area contributed by atoms with Gasteiger partial charge in [-0.2, -0.15) is 0 Å². The van der Waals surface area contributed by atoms with Crippen LogP contribution in [0.5, 0.6) is 0 Å². The first-order chi connectivity index (χ1) is 31.0. The fourth-order valence-electron chi connectivity index (χ4n) is 6.75. The second-order valence-corrected chi connectivity index (χ2v) is 16.7. The van der Waals surface area contributed by atoms with Crippen LogP contribution in [0.15, 0.2) is 97.2 Å². The van der Waals surface area contributed by atoms with E-state index in [0.29, 0.717) is 19.3 Å². The molecule has 0 bridgehead atoms. The predicted molar refractivity (Wildman–Crippen MR) is 270 cm³/mol. The van der Waals surface area contributed by atoms with Crippen LogP contribution in [0.25, 0.3) is 0 Å². The van der Waals surface area contributed by atoms with Crippen LogP contribution in [0.2, 0.25) is 0 Å². The zero-order valence-corrected chi connectivity index (χ0v) is 40.8. The van der Waals surface area contributed by atoms with Gasteiger partial charge in [-0.15, -0.1) is 0 Å². The van der Waals surface area contributed by atoms with Gasteiger partial charge in [0.25, 0.3) is 0 Å². The average molecular weight is 875 g/mol. The highest BCUT2D eigenvalue weighted by atomic mass is 16.6. The third-order valence-corrected chi connectivity index (χ3v) is 10.6. The van der Waals surface area contributed by atoms with Crippen LogP contribution < -0.4 is 0 Å². The van der Waals surface area contributed by atoms with E-state index in [0.717, 1.165) is 128 Å². The van der Waals surface area contributed by atoms with Gasteiger partial charge in [0.05, 0.1) is 0 Å². The van der Waals surface area contributed by atoms with Gasteiger partial charge < -0.3 is 14.2 Å². The summed E-state index contributed by atoms with van der Waals surface area (Å²) in [6, 6.07) is 0. The highest BCUT2D eigenvalue weighted by molar-refractivity contribution is 5.71. The lowest BCUT2D eigenvalue weighted by atomic mass is 10.1. The van der Waals surface area contributed by atoms with Crippen molar-refractivity contribution in [1.82, 2.24) is 0 Å². The summed E-state index contributed by atoms with van der Waals surface area (Å²) in [6.07, 6.45) is 67.3. The minimum Gasteiger partial charge on any atom is -0.462 e. The molecule has 1 atom stereocenters. The van der Waals surface area contributed by atoms with Crippen molar-refractivity contribution >= 4 is 17.9 Å². The van der Waals surface area contributed by atoms with E-state index in [-0.39, 0.29) is 31.1 Å². The van der Waals surface area contributed by atoms with E-state index >= 15 is 0 Å². The van der Waals surface area contributed by atoms with E-state index in [9.17, 15) is 14.4 Å². The minimum absolute atomic E-state index is 0.0818. The van der Waals surface area contributed by atoms with Crippen LogP contribution in [0, 0.1) is 0 Å². The molecule has 0 saturated heterocycles. The molecule has 0 radical (unpaired) electrons. The SMILES string of the molecule is CC/C=C\C/C=C\C/C=C\C/C=C\C/C=C\C/C=C\C/C=C\C/C=C\CCCCCCCCC(=O)OCC(COC(=O)CCCCCCC)OC(=O)CCCCCCCCCCC. The molecule has 0 aliphatic heterocycles. The molecule has 0 saturated carbocycles. The highest BCUT2D eigenvalue weighted by Gasteiger charge is 2.19. The van der Waals surface area contributed by atoms with Crippen molar-refractivity contribution in [3.05, 3.63) is 97.2 Å². The monoisotopic (exact) mass is 875 g/mol. The van der Waals surface area contributed by atoms with E-state index in [4.69, 9.17) is 14.2 Å². The van der Waals surface area contributed by atoms with Gasteiger partial charge in [-0.1, -0.05) is 221 Å². The zero-order valence-electron chi connectivity index (χ0n) is 40.8. The van der Waals surface area contributed by atoms with Crippen LogP contribution in [0.1, 0.15) is 226 Å². The van der Waals surface area contributed by atoms with Crippen molar-refractivity contribution in [2.24, 2.45) is 0 Å². The van der Waals surface area contributed by atoms with E-state index in [1.54, 1.807) is 0 Å². The summed E-state index contributed by atoms with van der Waals surface area (Å²) >= 11 is 0. The lowest BCUT2D eigenvalue weighted by Crippen LogP contribution is -2.30. The smallest absolute Gasteiger partial charge is 0.306 e. The number of carbonyl (C=O) groups is 3. The van der Waals surface area contributed by atoms with Crippen molar-refractivity contribution in [3.8, 4) is 0 Å². The molecule has 0 rings (SSSR count). The lowest BCUT2D eigenvalue weighted by Gasteiger charge is -2.18. The molecule has 0 aromatic rings. The van der Waals surface area contributed by atoms with Gasteiger partial charge in [-0.25, -0.2) is 0 Å². The Morgan fingerprint density at radius 2 is 0.619 bits per heavy atom. The average Bonchev–Trinajstić information content (AvgIpc) is 3.28. The lowest BCUT2D eigenvalue weighted by molar-refractivity contribution is -0.167. The molecule has 0 aliphatic carbocycles. The summed E-state index contributed by atoms with van der Waals surface area (Å²) in [5.41, 5.74) is 0. The molecule has 0 spiro atoms. The third kappa shape index (κ3) is 49.2. The number of unbranched alkanes of at least 4 members (excludes halogenated alkanes) is 18. The Kier molecular flexibility index (Phi) is 48.0. The normalized spacial score (nSPS) is 12.9. The predicted octanol–water partition coefficient (Wildman–Crippen LogP) is 17.0. The molecule has 0 amide bonds. The molecule has 0 aromatic heterocycles. The second-order valence-electron chi connectivity index (χ2n) is 16.7. The van der Waals surface area contributed by atoms with E-state index in [2.05, 4.69) is 118 Å². The van der Waals surface area contributed by atoms with Crippen molar-refractivity contribution in [2.75, 3.05) is 13.2 Å². The van der Waals surface area contributed by atoms with Gasteiger partial charge in [0, 0.05) is 19.3 Å². The maximum Gasteiger partial charge on any atom is 0.306 e. The molecule has 0 heterocycles. The Hall–Kier alpha value is -3.67. The van der Waals surface area contributed by atoms with Crippen LogP contribution in [0.3, 0.4) is 0 Å². The van der Waals surface area contributed by atoms with Crippen LogP contribution in [-0.2, 0) is 28.6 Å². The fraction of sp³-hybridized carbons (Fsp3) is 0.667. The van der Waals surface area contributed by atoms with Crippen molar-refractivity contribution in [3.63, 3.8) is 0 Å². The van der Waals surface area contributed by atoms with Crippen LogP contribution in [0.4, 0.5) is 0 Å². The molecule has 0 aromatic carbocycles. The molecule has 1 unspecified atom stereocenters. The van der Waals surface area contributed by atoms with Gasteiger partial charge in [-0.05, 0) is 83.5 Å². The Morgan fingerprint density at radius 3 is 0.968 bits per heavy atom. The maximum atomic E-state index is 12.6. The molecular weight excluding hydrogens is 781 g/mol. The second kappa shape index (κ2) is 51.0. The van der Waals surface area contributed by atoms with Gasteiger partial charge in [0.2, 0.25) is 0 Å². The first-order valence-corrected chi connectivity index (χ1v) is 25.7. The van der Waals surface area contributed by atoms with Crippen molar-refractivity contribution in [1.29, 1.82) is 0 Å². The van der Waals surface area contributed by atoms with Crippen LogP contribution in [-0.4, -0.2) is 37.2 Å². The number of hydrogen-bond acceptors (Lipinski definition) is 6. The largest absolute Gasteiger partial charge is 0.462 e. The first kappa shape index (κ1) is 59.3. The summed E-state index contributed by atoms with van der Waals surface area (Å²) in [6.45, 7) is 6.39. The molecule has 0 N–H and O–H groups in total. The molecule has 358 valence electrons. The molecule has 0 fully saturated rings. The Morgan fingerprint density at radius 1 is 0.333 bits per heavy atom. The number of carbonyl (C=O) groups excluding carboxylic acids is 3. The topological polar surface area (TPSA) is 78.9 Å². The summed E-state index contributed by atoms with van der Waals surface area (Å²) in [5.74, 6) is -0.919. The zero-order chi connectivity index (χ0) is 45.8. The molecular formula is C57H94O6. The third-order valence-electron chi connectivity index (χ3n) is 10.6. The number of ether oxygens (including phenoxy) is 3. The Balaban J connectivity index is 4.06. The van der Waals surface area contributed by atoms with E-state index in [1.807, 2.05) is 0 Å². The number of esters is 3. The van der Waals surface area contributed by atoms with Gasteiger partial charge in [-0.3, -0.25) is 14.4 Å². The van der Waals surface area contributed by atoms with Gasteiger partial charge >= 0.3 is 17.9 Å². The molecule has 63 heavy (non-hydrogen) atoms. The van der Waals surface area contributed by atoms with Gasteiger partial charge in [0.15, 0.2) is 6.10 Å². The summed E-state index contributed by atoms with van der Waals surface area (Å²) in [5, 5.41) is 0. The fourth-order valence-corrected chi connectivity index (χ4v) is 6.75. The maximum absolute atomic E-state index is 12.6. The highest BCUT2D eigenvalue weighted by Crippen LogP contribution is 2.13. The summed E-state index contributed by atoms with van der Waals surface area (Å²) < 4.78 is 16.6. The van der Waals surface area contributed by atoms with Gasteiger partial charge in [0.1, 0.15) is 13.2 Å². The van der Waals surface area contributed by atoms with E-state index < -0.39 is 6.10 Å². The molecule has 6 nitrogen and oxygen atoms in total. The minimum atomic E-state index is -0.775. The van der Waals surface area contributed by atoms with Crippen molar-refractivity contribution < 1.29 is 28.6 Å². The Bertz CT molecular complexity index is 1280. The standard InChI is InChI=1S/C57H94O6/c1-4-7-10-13-15-17-18-19-20-21-22-23-24-25-26-27-28-29-30-31-32-33-34-35-36-37-38-40-41-44-47-50-56(59)62-53-54(52-61-55(58)49-46-43-12-9-6-3)63-57(60)51-48-45-42-39-16-14-11-8-5-2/h7,10,15,17,19-20,22-23,25-26,28-29,31-32,34-35,54H,4-6,8-9,11-14,16,18,21,24,27,30,33,36-53H2,1-3H3/b10-7-,17-15-,20-19-,23-22-,26-25-,29-28-,32-31-,35-34-. The summed E-state index contributed by atoms with van der Waals surface area (Å²) in [7, 11) is 0. The van der Waals surface area contributed by atoms with E-state index in [1.165, 1.54) is 57.8 Å². The summed E-state index contributed by atoms with van der Waals surface area (Å²) in [4.78, 5) is 37.5. The number of rotatable bonds is 45. The Labute approximate surface area is 387 Å². The number of hydrogen-bond donors (Lipinski definition) is 0. The van der Waals surface area contributed by atoms with Crippen LogP contribution >= 0.6 is 0 Å².